The van der Waals surface area contributed by atoms with E-state index >= 15 is 0 Å². The van der Waals surface area contributed by atoms with E-state index in [0.717, 1.165) is 32.7 Å². The molecule has 1 saturated carbocycles. The van der Waals surface area contributed by atoms with Crippen molar-refractivity contribution >= 4 is 0 Å². The summed E-state index contributed by atoms with van der Waals surface area (Å²) in [5, 5.41) is 0. The lowest BCUT2D eigenvalue weighted by Crippen LogP contribution is -2.45. The fourth-order valence-electron chi connectivity index (χ4n) is 2.20. The lowest BCUT2D eigenvalue weighted by atomic mass is 10.1. The maximum absolute atomic E-state index is 6.13. The van der Waals surface area contributed by atoms with Crippen LogP contribution in [-0.4, -0.2) is 42.3 Å². The minimum absolute atomic E-state index is 0.00174. The minimum atomic E-state index is 0.00174. The van der Waals surface area contributed by atoms with E-state index in [9.17, 15) is 0 Å². The molecule has 2 aliphatic rings. The molecule has 1 saturated heterocycles. The molecule has 1 aliphatic carbocycles. The molecule has 0 aromatic rings. The molecule has 82 valence electrons. The van der Waals surface area contributed by atoms with Crippen molar-refractivity contribution in [3.63, 3.8) is 0 Å². The number of rotatable bonds is 2. The molecule has 0 bridgehead atoms. The van der Waals surface area contributed by atoms with Crippen molar-refractivity contribution in [1.82, 2.24) is 4.90 Å². The molecule has 0 aromatic carbocycles. The molecule has 0 amide bonds. The monoisotopic (exact) mass is 198 g/mol. The zero-order valence-corrected chi connectivity index (χ0v) is 9.38. The van der Waals surface area contributed by atoms with Crippen LogP contribution in [0.3, 0.4) is 0 Å². The SMILES string of the molecule is CC1(C)CN(CC2(N)CC2)CCCO1. The molecule has 1 aliphatic heterocycles. The minimum Gasteiger partial charge on any atom is -0.374 e. The molecular formula is C11H22N2O. The molecule has 3 nitrogen and oxygen atoms in total. The molecule has 2 fully saturated rings. The van der Waals surface area contributed by atoms with Gasteiger partial charge in [-0.25, -0.2) is 0 Å². The summed E-state index contributed by atoms with van der Waals surface area (Å²) in [5.41, 5.74) is 6.28. The average molecular weight is 198 g/mol. The fourth-order valence-corrected chi connectivity index (χ4v) is 2.20. The Bertz CT molecular complexity index is 211. The Morgan fingerprint density at radius 2 is 2.07 bits per heavy atom. The predicted molar refractivity (Wildman–Crippen MR) is 57.2 cm³/mol. The summed E-state index contributed by atoms with van der Waals surface area (Å²) in [6.45, 7) is 8.44. The first-order chi connectivity index (χ1) is 6.49. The van der Waals surface area contributed by atoms with Crippen LogP contribution in [0.4, 0.5) is 0 Å². The third kappa shape index (κ3) is 2.69. The van der Waals surface area contributed by atoms with Gasteiger partial charge in [-0.15, -0.1) is 0 Å². The Labute approximate surface area is 86.6 Å². The quantitative estimate of drug-likeness (QED) is 0.719. The largest absolute Gasteiger partial charge is 0.374 e. The maximum Gasteiger partial charge on any atom is 0.0752 e. The van der Waals surface area contributed by atoms with Crippen LogP contribution in [-0.2, 0) is 4.74 Å². The van der Waals surface area contributed by atoms with Crippen LogP contribution >= 0.6 is 0 Å². The first-order valence-electron chi connectivity index (χ1n) is 5.64. The van der Waals surface area contributed by atoms with Gasteiger partial charge in [0.15, 0.2) is 0 Å². The highest BCUT2D eigenvalue weighted by molar-refractivity contribution is 5.01. The Kier molecular flexibility index (Phi) is 2.58. The summed E-state index contributed by atoms with van der Waals surface area (Å²) >= 11 is 0. The lowest BCUT2D eigenvalue weighted by molar-refractivity contribution is -0.0179. The van der Waals surface area contributed by atoms with E-state index in [2.05, 4.69) is 18.7 Å². The Morgan fingerprint density at radius 3 is 2.71 bits per heavy atom. The zero-order valence-electron chi connectivity index (χ0n) is 9.38. The van der Waals surface area contributed by atoms with Gasteiger partial charge in [0.1, 0.15) is 0 Å². The Morgan fingerprint density at radius 1 is 1.36 bits per heavy atom. The lowest BCUT2D eigenvalue weighted by Gasteiger charge is -2.30. The van der Waals surface area contributed by atoms with Gasteiger partial charge in [-0.05, 0) is 33.1 Å². The third-order valence-corrected chi connectivity index (χ3v) is 3.15. The van der Waals surface area contributed by atoms with Gasteiger partial charge in [-0.1, -0.05) is 0 Å². The van der Waals surface area contributed by atoms with Crippen molar-refractivity contribution in [3.8, 4) is 0 Å². The van der Waals surface area contributed by atoms with Crippen LogP contribution in [0.1, 0.15) is 33.1 Å². The molecule has 1 heterocycles. The van der Waals surface area contributed by atoms with E-state index in [1.54, 1.807) is 0 Å². The average Bonchev–Trinajstić information content (AvgIpc) is 2.77. The van der Waals surface area contributed by atoms with Gasteiger partial charge >= 0.3 is 0 Å². The van der Waals surface area contributed by atoms with E-state index in [-0.39, 0.29) is 11.1 Å². The van der Waals surface area contributed by atoms with Crippen LogP contribution in [0.15, 0.2) is 0 Å². The highest BCUT2D eigenvalue weighted by Gasteiger charge is 2.40. The van der Waals surface area contributed by atoms with Crippen molar-refractivity contribution in [2.75, 3.05) is 26.2 Å². The first kappa shape index (κ1) is 10.4. The molecule has 0 aromatic heterocycles. The molecule has 0 atom stereocenters. The molecule has 0 radical (unpaired) electrons. The maximum atomic E-state index is 6.13. The highest BCUT2D eigenvalue weighted by Crippen LogP contribution is 2.33. The number of hydrogen-bond donors (Lipinski definition) is 1. The summed E-state index contributed by atoms with van der Waals surface area (Å²) in [5.74, 6) is 0. The first-order valence-corrected chi connectivity index (χ1v) is 5.64. The van der Waals surface area contributed by atoms with Gasteiger partial charge in [-0.2, -0.15) is 0 Å². The van der Waals surface area contributed by atoms with Gasteiger partial charge in [0.05, 0.1) is 5.60 Å². The van der Waals surface area contributed by atoms with Crippen LogP contribution in [0.2, 0.25) is 0 Å². The van der Waals surface area contributed by atoms with Crippen molar-refractivity contribution in [1.29, 1.82) is 0 Å². The molecule has 0 unspecified atom stereocenters. The normalized spacial score (nSPS) is 31.1. The van der Waals surface area contributed by atoms with Crippen LogP contribution in [0, 0.1) is 0 Å². The van der Waals surface area contributed by atoms with Crippen LogP contribution in [0.25, 0.3) is 0 Å². The second kappa shape index (κ2) is 3.47. The van der Waals surface area contributed by atoms with Crippen molar-refractivity contribution in [2.24, 2.45) is 5.73 Å². The molecule has 0 spiro atoms. The van der Waals surface area contributed by atoms with Crippen LogP contribution < -0.4 is 5.73 Å². The highest BCUT2D eigenvalue weighted by atomic mass is 16.5. The third-order valence-electron chi connectivity index (χ3n) is 3.15. The van der Waals surface area contributed by atoms with Crippen molar-refractivity contribution in [3.05, 3.63) is 0 Å². The van der Waals surface area contributed by atoms with Crippen molar-refractivity contribution in [2.45, 2.75) is 44.2 Å². The second-order valence-corrected chi connectivity index (χ2v) is 5.53. The predicted octanol–water partition coefficient (Wildman–Crippen LogP) is 0.979. The van der Waals surface area contributed by atoms with Gasteiger partial charge in [0.25, 0.3) is 0 Å². The molecule has 2 rings (SSSR count). The number of nitrogens with two attached hydrogens (primary N) is 1. The summed E-state index contributed by atoms with van der Waals surface area (Å²) in [6.07, 6.45) is 3.54. The van der Waals surface area contributed by atoms with E-state index < -0.39 is 0 Å². The fraction of sp³-hybridized carbons (Fsp3) is 1.00. The van der Waals surface area contributed by atoms with E-state index in [1.807, 2.05) is 0 Å². The van der Waals surface area contributed by atoms with E-state index in [0.29, 0.717) is 0 Å². The smallest absolute Gasteiger partial charge is 0.0752 e. The summed E-state index contributed by atoms with van der Waals surface area (Å²) in [4.78, 5) is 2.47. The van der Waals surface area contributed by atoms with Gasteiger partial charge < -0.3 is 10.5 Å². The Balaban J connectivity index is 1.90. The molecule has 3 heteroatoms. The number of hydrogen-bond acceptors (Lipinski definition) is 3. The van der Waals surface area contributed by atoms with Gasteiger partial charge in [0.2, 0.25) is 0 Å². The standard InChI is InChI=1S/C11H22N2O/c1-10(2)8-13(6-3-7-14-10)9-11(12)4-5-11/h3-9,12H2,1-2H3. The number of nitrogens with zero attached hydrogens (tertiary/aromatic N) is 1. The zero-order chi connectivity index (χ0) is 10.2. The Hall–Kier alpha value is -0.120. The molecule has 2 N–H and O–H groups in total. The number of ether oxygens (including phenoxy) is 1. The second-order valence-electron chi connectivity index (χ2n) is 5.53. The van der Waals surface area contributed by atoms with Gasteiger partial charge in [-0.3, -0.25) is 4.90 Å². The summed E-state index contributed by atoms with van der Waals surface area (Å²) in [6, 6.07) is 0. The topological polar surface area (TPSA) is 38.5 Å². The molecule has 14 heavy (non-hydrogen) atoms. The van der Waals surface area contributed by atoms with E-state index in [4.69, 9.17) is 10.5 Å². The van der Waals surface area contributed by atoms with Gasteiger partial charge in [0, 0.05) is 31.8 Å². The summed E-state index contributed by atoms with van der Waals surface area (Å²) < 4.78 is 5.77. The molecular weight excluding hydrogens is 176 g/mol. The van der Waals surface area contributed by atoms with E-state index in [1.165, 1.54) is 12.8 Å². The summed E-state index contributed by atoms with van der Waals surface area (Å²) in [7, 11) is 0. The van der Waals surface area contributed by atoms with Crippen LogP contribution in [0.5, 0.6) is 0 Å². The van der Waals surface area contributed by atoms with Crippen molar-refractivity contribution < 1.29 is 4.74 Å².